The number of rotatable bonds is 13. The van der Waals surface area contributed by atoms with Crippen LogP contribution in [0.1, 0.15) is 101 Å². The van der Waals surface area contributed by atoms with Crippen molar-refractivity contribution in [1.82, 2.24) is 10.6 Å². The largest absolute Gasteiger partial charge is 0.310 e. The van der Waals surface area contributed by atoms with Crippen LogP contribution in [0.2, 0.25) is 0 Å². The van der Waals surface area contributed by atoms with Crippen LogP contribution in [-0.4, -0.2) is 41.4 Å². The van der Waals surface area contributed by atoms with Crippen LogP contribution in [-0.2, 0) is 0 Å². The third-order valence-corrected chi connectivity index (χ3v) is 6.53. The summed E-state index contributed by atoms with van der Waals surface area (Å²) in [7, 11) is 0.226. The smallest absolute Gasteiger partial charge is 0.0127 e. The summed E-state index contributed by atoms with van der Waals surface area (Å²) >= 11 is 0. The van der Waals surface area contributed by atoms with Gasteiger partial charge < -0.3 is 10.6 Å². The molecule has 0 bridgehead atoms. The highest BCUT2D eigenvalue weighted by Crippen LogP contribution is 2.32. The van der Waals surface area contributed by atoms with Gasteiger partial charge in [0, 0.05) is 23.2 Å². The summed E-state index contributed by atoms with van der Waals surface area (Å²) in [5, 5.41) is 7.67. The molecule has 3 heteroatoms. The van der Waals surface area contributed by atoms with Crippen LogP contribution in [0.25, 0.3) is 0 Å². The van der Waals surface area contributed by atoms with Crippen molar-refractivity contribution in [2.75, 3.05) is 18.3 Å². The van der Waals surface area contributed by atoms with E-state index in [1.165, 1.54) is 44.3 Å². The molecule has 0 radical (unpaired) electrons. The topological polar surface area (TPSA) is 24.1 Å². The van der Waals surface area contributed by atoms with Crippen LogP contribution in [0.4, 0.5) is 0 Å². The quantitative estimate of drug-likeness (QED) is 0.330. The minimum absolute atomic E-state index is 0.210. The fourth-order valence-corrected chi connectivity index (χ4v) is 4.44. The van der Waals surface area contributed by atoms with Gasteiger partial charge in [0.25, 0.3) is 0 Å². The molecular formula is C23H52N2S. The van der Waals surface area contributed by atoms with Crippen molar-refractivity contribution in [1.29, 1.82) is 0 Å². The first-order valence-electron chi connectivity index (χ1n) is 10.9. The molecule has 0 heterocycles. The van der Waals surface area contributed by atoms with Crippen molar-refractivity contribution in [2.24, 2.45) is 5.41 Å². The van der Waals surface area contributed by atoms with E-state index in [2.05, 4.69) is 85.5 Å². The summed E-state index contributed by atoms with van der Waals surface area (Å²) < 4.78 is 0. The van der Waals surface area contributed by atoms with E-state index in [4.69, 9.17) is 0 Å². The average Bonchev–Trinajstić information content (AvgIpc) is 2.46. The van der Waals surface area contributed by atoms with Gasteiger partial charge in [-0.25, -0.2) is 0 Å². The van der Waals surface area contributed by atoms with Crippen LogP contribution in [0.3, 0.4) is 0 Å². The Kier molecular flexibility index (Phi) is 11.4. The van der Waals surface area contributed by atoms with E-state index in [1.54, 1.807) is 0 Å². The van der Waals surface area contributed by atoms with Gasteiger partial charge >= 0.3 is 0 Å². The van der Waals surface area contributed by atoms with Crippen LogP contribution in [0, 0.1) is 5.41 Å². The van der Waals surface area contributed by atoms with E-state index in [0.717, 1.165) is 0 Å². The van der Waals surface area contributed by atoms with E-state index in [1.807, 2.05) is 0 Å². The van der Waals surface area contributed by atoms with E-state index >= 15 is 0 Å². The summed E-state index contributed by atoms with van der Waals surface area (Å²) in [6, 6.07) is 1.26. The lowest BCUT2D eigenvalue weighted by Crippen LogP contribution is -2.46. The molecule has 0 aromatic rings. The average molecular weight is 389 g/mol. The van der Waals surface area contributed by atoms with Crippen molar-refractivity contribution >= 4 is 10.9 Å². The molecule has 0 rings (SSSR count). The normalized spacial score (nSPS) is 16.5. The molecule has 2 N–H and O–H groups in total. The van der Waals surface area contributed by atoms with Gasteiger partial charge in [-0.05, 0) is 104 Å². The first-order chi connectivity index (χ1) is 11.7. The maximum atomic E-state index is 3.96. The molecule has 1 unspecified atom stereocenters. The molecule has 0 saturated heterocycles. The van der Waals surface area contributed by atoms with Gasteiger partial charge in [0.05, 0.1) is 0 Å². The second-order valence-corrected chi connectivity index (χ2v) is 13.8. The molecule has 0 saturated carbocycles. The minimum atomic E-state index is 0.210. The van der Waals surface area contributed by atoms with E-state index < -0.39 is 0 Å². The summed E-state index contributed by atoms with van der Waals surface area (Å²) in [4.78, 5) is 0. The number of nitrogens with one attached hydrogen (secondary N) is 2. The van der Waals surface area contributed by atoms with Crippen molar-refractivity contribution in [3.8, 4) is 0 Å². The Morgan fingerprint density at radius 2 is 1.38 bits per heavy atom. The lowest BCUT2D eigenvalue weighted by atomic mass is 9.78. The van der Waals surface area contributed by atoms with Crippen LogP contribution in [0.15, 0.2) is 0 Å². The number of hydrogen-bond donors (Lipinski definition) is 3. The fourth-order valence-electron chi connectivity index (χ4n) is 3.61. The van der Waals surface area contributed by atoms with Crippen LogP contribution in [0.5, 0.6) is 0 Å². The Hall–Kier alpha value is 0.270. The molecule has 160 valence electrons. The molecule has 0 aromatic carbocycles. The minimum Gasteiger partial charge on any atom is -0.310 e. The van der Waals surface area contributed by atoms with Gasteiger partial charge in [-0.3, -0.25) is 10.9 Å². The predicted molar refractivity (Wildman–Crippen MR) is 126 cm³/mol. The van der Waals surface area contributed by atoms with E-state index in [9.17, 15) is 0 Å². The molecular weight excluding hydrogens is 336 g/mol. The molecule has 0 aliphatic rings. The maximum absolute atomic E-state index is 3.96. The zero-order chi connectivity index (χ0) is 20.6. The van der Waals surface area contributed by atoms with Crippen molar-refractivity contribution in [2.45, 2.75) is 124 Å². The van der Waals surface area contributed by atoms with E-state index in [0.29, 0.717) is 17.5 Å². The second kappa shape index (κ2) is 11.3. The van der Waals surface area contributed by atoms with Crippen molar-refractivity contribution in [3.05, 3.63) is 0 Å². The Balaban J connectivity index is 4.39. The van der Waals surface area contributed by atoms with E-state index in [-0.39, 0.29) is 22.0 Å². The Labute approximate surface area is 169 Å². The Morgan fingerprint density at radius 1 is 0.808 bits per heavy atom. The molecule has 0 fully saturated rings. The molecule has 0 aromatic heterocycles. The molecule has 26 heavy (non-hydrogen) atoms. The standard InChI is InChI=1S/C23H52N2S/c1-12-20(14-18-26(10)11)25-23(8,9)17-16-22(6,7)15-13-19(2)24-21(3,4)5/h19-20,24-26H,12-18H2,1-11H3/t19-,20?/m1/s1. The van der Waals surface area contributed by atoms with Gasteiger partial charge in [-0.2, -0.15) is 0 Å². The van der Waals surface area contributed by atoms with Crippen LogP contribution < -0.4 is 10.6 Å². The van der Waals surface area contributed by atoms with Gasteiger partial charge in [0.15, 0.2) is 0 Å². The lowest BCUT2D eigenvalue weighted by molar-refractivity contribution is 0.216. The zero-order valence-corrected chi connectivity index (χ0v) is 20.9. The lowest BCUT2D eigenvalue weighted by Gasteiger charge is -2.36. The van der Waals surface area contributed by atoms with Gasteiger partial charge in [-0.15, -0.1) is 0 Å². The number of thiol groups is 1. The molecule has 2 nitrogen and oxygen atoms in total. The highest BCUT2D eigenvalue weighted by Gasteiger charge is 2.26. The SMILES string of the molecule is CCC(CC[SH](C)C)NC(C)(C)CCC(C)(C)CC[C@@H](C)NC(C)(C)C. The molecule has 2 atom stereocenters. The zero-order valence-electron chi connectivity index (χ0n) is 20.1. The van der Waals surface area contributed by atoms with Crippen molar-refractivity contribution in [3.63, 3.8) is 0 Å². The third-order valence-electron chi connectivity index (χ3n) is 5.37. The molecule has 0 amide bonds. The fraction of sp³-hybridized carbons (Fsp3) is 1.00. The summed E-state index contributed by atoms with van der Waals surface area (Å²) in [5.74, 6) is 1.39. The van der Waals surface area contributed by atoms with Crippen LogP contribution >= 0.6 is 10.9 Å². The summed E-state index contributed by atoms with van der Waals surface area (Å²) in [6.07, 6.45) is 12.5. The molecule has 0 aliphatic carbocycles. The van der Waals surface area contributed by atoms with Gasteiger partial charge in [0.2, 0.25) is 0 Å². The van der Waals surface area contributed by atoms with Gasteiger partial charge in [-0.1, -0.05) is 20.8 Å². The highest BCUT2D eigenvalue weighted by atomic mass is 32.2. The maximum Gasteiger partial charge on any atom is 0.0127 e. The Bertz CT molecular complexity index is 369. The summed E-state index contributed by atoms with van der Waals surface area (Å²) in [6.45, 7) is 21.1. The first-order valence-corrected chi connectivity index (χ1v) is 13.3. The van der Waals surface area contributed by atoms with Gasteiger partial charge in [0.1, 0.15) is 0 Å². The summed E-state index contributed by atoms with van der Waals surface area (Å²) in [5.41, 5.74) is 0.856. The predicted octanol–water partition coefficient (Wildman–Crippen LogP) is 6.15. The Morgan fingerprint density at radius 3 is 1.85 bits per heavy atom. The molecule has 0 spiro atoms. The third kappa shape index (κ3) is 14.3. The van der Waals surface area contributed by atoms with Crippen molar-refractivity contribution < 1.29 is 0 Å². The highest BCUT2D eigenvalue weighted by molar-refractivity contribution is 8.15. The number of hydrogen-bond acceptors (Lipinski definition) is 2. The first kappa shape index (κ1) is 26.3. The second-order valence-electron chi connectivity index (χ2n) is 11.2. The monoisotopic (exact) mass is 388 g/mol. The molecule has 0 aliphatic heterocycles.